The maximum Gasteiger partial charge on any atom is 0.189 e. The lowest BCUT2D eigenvalue weighted by Gasteiger charge is -2.20. The van der Waals surface area contributed by atoms with Gasteiger partial charge in [-0.25, -0.2) is 4.99 Å². The summed E-state index contributed by atoms with van der Waals surface area (Å²) in [5.74, 6) is 0.470. The van der Waals surface area contributed by atoms with Crippen LogP contribution in [0.2, 0.25) is 0 Å². The van der Waals surface area contributed by atoms with Crippen molar-refractivity contribution in [1.29, 1.82) is 0 Å². The van der Waals surface area contributed by atoms with E-state index in [9.17, 15) is 0 Å². The normalized spacial score (nSPS) is 17.4. The van der Waals surface area contributed by atoms with E-state index >= 15 is 0 Å². The summed E-state index contributed by atoms with van der Waals surface area (Å²) >= 11 is 0. The number of hydrogen-bond acceptors (Lipinski definition) is 3. The molecule has 1 aliphatic rings. The first kappa shape index (κ1) is 22.2. The molecule has 25 heavy (non-hydrogen) atoms. The van der Waals surface area contributed by atoms with Gasteiger partial charge in [0.1, 0.15) is 0 Å². The van der Waals surface area contributed by atoms with Crippen LogP contribution in [0.3, 0.4) is 0 Å². The summed E-state index contributed by atoms with van der Waals surface area (Å²) in [5.41, 5.74) is 8.50. The number of nitrogens with one attached hydrogen (secondary N) is 1. The number of nitrogens with zero attached hydrogens (tertiary/aromatic N) is 2. The monoisotopic (exact) mass is 460 g/mol. The number of methoxy groups -OCH3 is 1. The molecular formula is C19H33IN4O. The molecule has 3 N–H and O–H groups in total. The lowest BCUT2D eigenvalue weighted by Crippen LogP contribution is -2.40. The molecule has 1 aromatic carbocycles. The third kappa shape index (κ3) is 8.87. The minimum absolute atomic E-state index is 0. The predicted molar refractivity (Wildman–Crippen MR) is 115 cm³/mol. The molecule has 142 valence electrons. The summed E-state index contributed by atoms with van der Waals surface area (Å²) in [5, 5.41) is 3.13. The van der Waals surface area contributed by atoms with Crippen LogP contribution in [0.5, 0.6) is 0 Å². The van der Waals surface area contributed by atoms with Crippen LogP contribution in [-0.4, -0.2) is 43.7 Å². The summed E-state index contributed by atoms with van der Waals surface area (Å²) < 4.78 is 5.09. The fourth-order valence-corrected chi connectivity index (χ4v) is 3.15. The summed E-state index contributed by atoms with van der Waals surface area (Å²) in [6, 6.07) is 8.85. The summed E-state index contributed by atoms with van der Waals surface area (Å²) in [4.78, 5) is 7.00. The second-order valence-corrected chi connectivity index (χ2v) is 6.71. The Labute approximate surface area is 169 Å². The largest absolute Gasteiger partial charge is 0.383 e. The van der Waals surface area contributed by atoms with Crippen LogP contribution in [0.1, 0.15) is 43.7 Å². The van der Waals surface area contributed by atoms with Gasteiger partial charge in [-0.15, -0.1) is 24.0 Å². The SMILES string of the molecule is COCC(C)NC(N)=NCc1cccc(CN2CCCCCC2)c1.I. The number of likely N-dealkylation sites (tertiary alicyclic amines) is 1. The van der Waals surface area contributed by atoms with Crippen LogP contribution in [0.15, 0.2) is 29.3 Å². The molecule has 0 aromatic heterocycles. The first-order chi connectivity index (χ1) is 11.7. The van der Waals surface area contributed by atoms with Crippen molar-refractivity contribution in [2.75, 3.05) is 26.8 Å². The van der Waals surface area contributed by atoms with Crippen molar-refractivity contribution in [3.63, 3.8) is 0 Å². The van der Waals surface area contributed by atoms with Crippen molar-refractivity contribution < 1.29 is 4.74 Å². The summed E-state index contributed by atoms with van der Waals surface area (Å²) in [6.45, 7) is 6.71. The number of hydrogen-bond donors (Lipinski definition) is 2. The predicted octanol–water partition coefficient (Wildman–Crippen LogP) is 3.12. The van der Waals surface area contributed by atoms with Gasteiger partial charge in [-0.05, 0) is 44.0 Å². The van der Waals surface area contributed by atoms with Crippen molar-refractivity contribution in [3.8, 4) is 0 Å². The molecule has 1 atom stereocenters. The highest BCUT2D eigenvalue weighted by atomic mass is 127. The zero-order chi connectivity index (χ0) is 17.2. The first-order valence-electron chi connectivity index (χ1n) is 9.03. The van der Waals surface area contributed by atoms with Gasteiger partial charge in [0, 0.05) is 19.7 Å². The number of nitrogens with two attached hydrogens (primary N) is 1. The second-order valence-electron chi connectivity index (χ2n) is 6.71. The van der Waals surface area contributed by atoms with E-state index in [1.807, 2.05) is 6.92 Å². The van der Waals surface area contributed by atoms with Crippen LogP contribution in [0.4, 0.5) is 0 Å². The van der Waals surface area contributed by atoms with E-state index in [4.69, 9.17) is 10.5 Å². The quantitative estimate of drug-likeness (QED) is 0.373. The third-order valence-corrected chi connectivity index (χ3v) is 4.34. The molecule has 1 saturated heterocycles. The number of aliphatic imine (C=N–C) groups is 1. The number of ether oxygens (including phenoxy) is 1. The minimum Gasteiger partial charge on any atom is -0.383 e. The Kier molecular flexibility index (Phi) is 11.1. The van der Waals surface area contributed by atoms with Gasteiger partial charge in [0.2, 0.25) is 0 Å². The highest BCUT2D eigenvalue weighted by Gasteiger charge is 2.09. The number of guanidine groups is 1. The zero-order valence-electron chi connectivity index (χ0n) is 15.5. The molecule has 1 unspecified atom stereocenters. The van der Waals surface area contributed by atoms with Gasteiger partial charge in [-0.3, -0.25) is 4.90 Å². The topological polar surface area (TPSA) is 62.9 Å². The number of benzene rings is 1. The minimum atomic E-state index is 0. The van der Waals surface area contributed by atoms with Crippen LogP contribution in [-0.2, 0) is 17.8 Å². The van der Waals surface area contributed by atoms with Gasteiger partial charge in [0.05, 0.1) is 13.2 Å². The van der Waals surface area contributed by atoms with Crippen LogP contribution in [0.25, 0.3) is 0 Å². The van der Waals surface area contributed by atoms with Gasteiger partial charge in [-0.2, -0.15) is 0 Å². The molecule has 6 heteroatoms. The molecule has 5 nitrogen and oxygen atoms in total. The van der Waals surface area contributed by atoms with E-state index in [2.05, 4.69) is 39.5 Å². The van der Waals surface area contributed by atoms with Gasteiger partial charge in [0.25, 0.3) is 0 Å². The van der Waals surface area contributed by atoms with Crippen molar-refractivity contribution in [2.24, 2.45) is 10.7 Å². The van der Waals surface area contributed by atoms with Gasteiger partial charge < -0.3 is 15.8 Å². The third-order valence-electron chi connectivity index (χ3n) is 4.34. The molecule has 2 rings (SSSR count). The zero-order valence-corrected chi connectivity index (χ0v) is 17.9. The smallest absolute Gasteiger partial charge is 0.189 e. The summed E-state index contributed by atoms with van der Waals surface area (Å²) in [6.07, 6.45) is 5.40. The fourth-order valence-electron chi connectivity index (χ4n) is 3.15. The molecule has 1 heterocycles. The number of rotatable bonds is 7. The lowest BCUT2D eigenvalue weighted by molar-refractivity contribution is 0.179. The summed E-state index contributed by atoms with van der Waals surface area (Å²) in [7, 11) is 1.68. The van der Waals surface area contributed by atoms with Crippen LogP contribution in [0, 0.1) is 0 Å². The Morgan fingerprint density at radius 1 is 1.24 bits per heavy atom. The van der Waals surface area contributed by atoms with Crippen molar-refractivity contribution in [3.05, 3.63) is 35.4 Å². The van der Waals surface area contributed by atoms with E-state index in [1.54, 1.807) is 7.11 Å². The lowest BCUT2D eigenvalue weighted by atomic mass is 10.1. The Morgan fingerprint density at radius 2 is 1.92 bits per heavy atom. The maximum atomic E-state index is 5.93. The Morgan fingerprint density at radius 3 is 2.60 bits per heavy atom. The average molecular weight is 460 g/mol. The van der Waals surface area contributed by atoms with Crippen LogP contribution >= 0.6 is 24.0 Å². The molecule has 1 fully saturated rings. The number of halogens is 1. The van der Waals surface area contributed by atoms with E-state index in [0.717, 1.165) is 6.54 Å². The van der Waals surface area contributed by atoms with Gasteiger partial charge in [-0.1, -0.05) is 37.1 Å². The standard InChI is InChI=1S/C19H32N4O.HI/c1-16(15-24-2)22-19(20)21-13-17-8-7-9-18(12-17)14-23-10-5-3-4-6-11-23;/h7-9,12,16H,3-6,10-11,13-15H2,1-2H3,(H3,20,21,22);1H. The second kappa shape index (κ2) is 12.5. The molecular weight excluding hydrogens is 427 g/mol. The molecule has 0 aliphatic carbocycles. The van der Waals surface area contributed by atoms with Crippen molar-refractivity contribution in [1.82, 2.24) is 10.2 Å². The first-order valence-corrected chi connectivity index (χ1v) is 9.03. The highest BCUT2D eigenvalue weighted by molar-refractivity contribution is 14.0. The van der Waals surface area contributed by atoms with E-state index in [-0.39, 0.29) is 30.0 Å². The Bertz CT molecular complexity index is 516. The molecule has 0 amide bonds. The van der Waals surface area contributed by atoms with E-state index < -0.39 is 0 Å². The highest BCUT2D eigenvalue weighted by Crippen LogP contribution is 2.14. The van der Waals surface area contributed by atoms with Crippen LogP contribution < -0.4 is 11.1 Å². The molecule has 1 aliphatic heterocycles. The van der Waals surface area contributed by atoms with E-state index in [1.165, 1.54) is 49.9 Å². The molecule has 0 saturated carbocycles. The van der Waals surface area contributed by atoms with E-state index in [0.29, 0.717) is 19.1 Å². The average Bonchev–Trinajstić information content (AvgIpc) is 2.82. The molecule has 1 aromatic rings. The Hall–Kier alpha value is -0.860. The molecule has 0 radical (unpaired) electrons. The molecule has 0 bridgehead atoms. The maximum absolute atomic E-state index is 5.93. The van der Waals surface area contributed by atoms with Crippen molar-refractivity contribution in [2.45, 2.75) is 51.7 Å². The van der Waals surface area contributed by atoms with Gasteiger partial charge >= 0.3 is 0 Å². The Balaban J connectivity index is 0.00000312. The molecule has 0 spiro atoms. The fraction of sp³-hybridized carbons (Fsp3) is 0.632. The van der Waals surface area contributed by atoms with Gasteiger partial charge in [0.15, 0.2) is 5.96 Å². The van der Waals surface area contributed by atoms with Crippen molar-refractivity contribution >= 4 is 29.9 Å².